The van der Waals surface area contributed by atoms with Crippen LogP contribution in [0.4, 0.5) is 0 Å². The predicted molar refractivity (Wildman–Crippen MR) is 57.3 cm³/mol. The summed E-state index contributed by atoms with van der Waals surface area (Å²) >= 11 is 0. The van der Waals surface area contributed by atoms with E-state index < -0.39 is 5.60 Å². The molecule has 0 aromatic heterocycles. The molecule has 0 unspecified atom stereocenters. The summed E-state index contributed by atoms with van der Waals surface area (Å²) in [5.74, 6) is 0.350. The lowest BCUT2D eigenvalue weighted by Crippen LogP contribution is -2.18. The maximum Gasteiger partial charge on any atom is 0.118 e. The number of benzene rings is 1. The summed E-state index contributed by atoms with van der Waals surface area (Å²) < 4.78 is 0. The van der Waals surface area contributed by atoms with Crippen LogP contribution in [0, 0.1) is 0 Å². The number of rotatable bonds is 4. The second kappa shape index (κ2) is 4.47. The fraction of sp³-hybridized carbons (Fsp3) is 0.500. The van der Waals surface area contributed by atoms with Gasteiger partial charge in [0.15, 0.2) is 0 Å². The largest absolute Gasteiger partial charge is 0.508 e. The van der Waals surface area contributed by atoms with E-state index in [1.807, 2.05) is 18.2 Å². The summed E-state index contributed by atoms with van der Waals surface area (Å²) in [6.45, 7) is 3.61. The number of aryl methyl sites for hydroxylation is 1. The van der Waals surface area contributed by atoms with E-state index in [1.165, 1.54) is 0 Å². The van der Waals surface area contributed by atoms with Crippen molar-refractivity contribution in [2.75, 3.05) is 0 Å². The maximum absolute atomic E-state index is 9.50. The molecular weight excluding hydrogens is 176 g/mol. The van der Waals surface area contributed by atoms with Crippen LogP contribution in [0.3, 0.4) is 0 Å². The SMILES string of the molecule is CC(C)(O)CCCc1ccccc1O. The van der Waals surface area contributed by atoms with Crippen LogP contribution in [0.5, 0.6) is 5.75 Å². The van der Waals surface area contributed by atoms with Gasteiger partial charge in [-0.25, -0.2) is 0 Å². The molecule has 0 bridgehead atoms. The van der Waals surface area contributed by atoms with E-state index in [2.05, 4.69) is 0 Å². The van der Waals surface area contributed by atoms with Gasteiger partial charge in [0, 0.05) is 0 Å². The third-order valence-electron chi connectivity index (χ3n) is 2.23. The van der Waals surface area contributed by atoms with E-state index in [0.29, 0.717) is 5.75 Å². The van der Waals surface area contributed by atoms with Gasteiger partial charge in [-0.3, -0.25) is 0 Å². The van der Waals surface area contributed by atoms with E-state index in [0.717, 1.165) is 24.8 Å². The highest BCUT2D eigenvalue weighted by Gasteiger charge is 2.11. The molecule has 0 aliphatic carbocycles. The minimum Gasteiger partial charge on any atom is -0.508 e. The highest BCUT2D eigenvalue weighted by Crippen LogP contribution is 2.20. The highest BCUT2D eigenvalue weighted by atomic mass is 16.3. The number of para-hydroxylation sites is 1. The summed E-state index contributed by atoms with van der Waals surface area (Å²) in [6.07, 6.45) is 2.46. The number of hydrogen-bond donors (Lipinski definition) is 2. The molecule has 0 heterocycles. The summed E-state index contributed by atoms with van der Waals surface area (Å²) in [4.78, 5) is 0. The molecule has 0 aliphatic rings. The fourth-order valence-electron chi connectivity index (χ4n) is 1.43. The van der Waals surface area contributed by atoms with Gasteiger partial charge in [0.1, 0.15) is 5.75 Å². The molecule has 1 aromatic carbocycles. The van der Waals surface area contributed by atoms with Crippen molar-refractivity contribution in [1.82, 2.24) is 0 Å². The zero-order chi connectivity index (χ0) is 10.6. The van der Waals surface area contributed by atoms with Gasteiger partial charge in [-0.2, -0.15) is 0 Å². The summed E-state index contributed by atoms with van der Waals surface area (Å²) in [7, 11) is 0. The van der Waals surface area contributed by atoms with Crippen molar-refractivity contribution in [3.8, 4) is 5.75 Å². The maximum atomic E-state index is 9.50. The van der Waals surface area contributed by atoms with Gasteiger partial charge < -0.3 is 10.2 Å². The lowest BCUT2D eigenvalue weighted by atomic mass is 9.99. The van der Waals surface area contributed by atoms with Crippen molar-refractivity contribution in [2.45, 2.75) is 38.7 Å². The molecule has 0 spiro atoms. The first-order valence-electron chi connectivity index (χ1n) is 4.98. The van der Waals surface area contributed by atoms with Crippen molar-refractivity contribution in [3.05, 3.63) is 29.8 Å². The Kier molecular flexibility index (Phi) is 3.53. The van der Waals surface area contributed by atoms with Crippen LogP contribution < -0.4 is 0 Å². The molecule has 0 saturated heterocycles. The molecule has 0 fully saturated rings. The van der Waals surface area contributed by atoms with Gasteiger partial charge in [-0.15, -0.1) is 0 Å². The highest BCUT2D eigenvalue weighted by molar-refractivity contribution is 5.31. The molecule has 0 radical (unpaired) electrons. The third-order valence-corrected chi connectivity index (χ3v) is 2.23. The Hall–Kier alpha value is -1.02. The average Bonchev–Trinajstić information content (AvgIpc) is 2.06. The summed E-state index contributed by atoms with van der Waals surface area (Å²) in [5.41, 5.74) is 0.349. The van der Waals surface area contributed by atoms with Crippen molar-refractivity contribution in [3.63, 3.8) is 0 Å². The molecule has 0 amide bonds. The standard InChI is InChI=1S/C12H18O2/c1-12(2,14)9-5-7-10-6-3-4-8-11(10)13/h3-4,6,8,13-14H,5,7,9H2,1-2H3. The van der Waals surface area contributed by atoms with E-state index >= 15 is 0 Å². The monoisotopic (exact) mass is 194 g/mol. The van der Waals surface area contributed by atoms with Gasteiger partial charge >= 0.3 is 0 Å². The Morgan fingerprint density at radius 3 is 2.43 bits per heavy atom. The lowest BCUT2D eigenvalue weighted by Gasteiger charge is -2.16. The summed E-state index contributed by atoms with van der Waals surface area (Å²) in [5, 5.41) is 19.0. The van der Waals surface area contributed by atoms with Crippen LogP contribution in [-0.2, 0) is 6.42 Å². The zero-order valence-electron chi connectivity index (χ0n) is 8.83. The Bertz CT molecular complexity index is 287. The predicted octanol–water partition coefficient (Wildman–Crippen LogP) is 2.49. The van der Waals surface area contributed by atoms with E-state index in [4.69, 9.17) is 0 Å². The van der Waals surface area contributed by atoms with Gasteiger partial charge in [0.2, 0.25) is 0 Å². The molecule has 1 aromatic rings. The number of phenolic OH excluding ortho intramolecular Hbond substituents is 1. The fourth-order valence-corrected chi connectivity index (χ4v) is 1.43. The van der Waals surface area contributed by atoms with Crippen molar-refractivity contribution in [2.24, 2.45) is 0 Å². The first kappa shape index (κ1) is 11.1. The van der Waals surface area contributed by atoms with Crippen LogP contribution in [0.25, 0.3) is 0 Å². The molecule has 14 heavy (non-hydrogen) atoms. The Morgan fingerprint density at radius 1 is 1.21 bits per heavy atom. The van der Waals surface area contributed by atoms with Crippen molar-refractivity contribution in [1.29, 1.82) is 0 Å². The molecule has 0 aliphatic heterocycles. The molecule has 2 heteroatoms. The number of hydrogen-bond acceptors (Lipinski definition) is 2. The number of aliphatic hydroxyl groups is 1. The van der Waals surface area contributed by atoms with E-state index in [9.17, 15) is 10.2 Å². The zero-order valence-corrected chi connectivity index (χ0v) is 8.83. The molecule has 0 atom stereocenters. The number of phenols is 1. The third kappa shape index (κ3) is 3.79. The summed E-state index contributed by atoms with van der Waals surface area (Å²) in [6, 6.07) is 7.34. The van der Waals surface area contributed by atoms with Gasteiger partial charge in [-0.1, -0.05) is 18.2 Å². The van der Waals surface area contributed by atoms with Gasteiger partial charge in [0.25, 0.3) is 0 Å². The molecule has 2 N–H and O–H groups in total. The average molecular weight is 194 g/mol. The molecule has 2 nitrogen and oxygen atoms in total. The first-order valence-corrected chi connectivity index (χ1v) is 4.98. The Labute approximate surface area is 85.2 Å². The van der Waals surface area contributed by atoms with Crippen LogP contribution >= 0.6 is 0 Å². The van der Waals surface area contributed by atoms with E-state index in [1.54, 1.807) is 19.9 Å². The van der Waals surface area contributed by atoms with Gasteiger partial charge in [-0.05, 0) is 44.7 Å². The molecule has 1 rings (SSSR count). The molecular formula is C12H18O2. The Morgan fingerprint density at radius 2 is 1.86 bits per heavy atom. The quantitative estimate of drug-likeness (QED) is 0.773. The second-order valence-electron chi connectivity index (χ2n) is 4.29. The first-order chi connectivity index (χ1) is 6.49. The number of aromatic hydroxyl groups is 1. The van der Waals surface area contributed by atoms with Crippen LogP contribution in [0.15, 0.2) is 24.3 Å². The van der Waals surface area contributed by atoms with Gasteiger partial charge in [0.05, 0.1) is 5.60 Å². The lowest BCUT2D eigenvalue weighted by molar-refractivity contribution is 0.0689. The van der Waals surface area contributed by atoms with Crippen molar-refractivity contribution < 1.29 is 10.2 Å². The molecule has 78 valence electrons. The Balaban J connectivity index is 2.43. The van der Waals surface area contributed by atoms with Crippen LogP contribution in [0.2, 0.25) is 0 Å². The smallest absolute Gasteiger partial charge is 0.118 e. The van der Waals surface area contributed by atoms with Crippen LogP contribution in [0.1, 0.15) is 32.3 Å². The minimum absolute atomic E-state index is 0.350. The second-order valence-corrected chi connectivity index (χ2v) is 4.29. The topological polar surface area (TPSA) is 40.5 Å². The minimum atomic E-state index is -0.607. The van der Waals surface area contributed by atoms with E-state index in [-0.39, 0.29) is 0 Å². The normalized spacial score (nSPS) is 11.6. The molecule has 0 saturated carbocycles. The van der Waals surface area contributed by atoms with Crippen LogP contribution in [-0.4, -0.2) is 15.8 Å². The van der Waals surface area contributed by atoms with Crippen molar-refractivity contribution >= 4 is 0 Å².